The summed E-state index contributed by atoms with van der Waals surface area (Å²) in [5.41, 5.74) is 2.67. The lowest BCUT2D eigenvalue weighted by atomic mass is 10.0. The van der Waals surface area contributed by atoms with Crippen molar-refractivity contribution in [2.45, 2.75) is 44.8 Å². The zero-order chi connectivity index (χ0) is 11.4. The number of ether oxygens (including phenoxy) is 1. The molecule has 0 spiro atoms. The lowest BCUT2D eigenvalue weighted by Crippen LogP contribution is -1.97. The molecule has 1 aliphatic heterocycles. The Morgan fingerprint density at radius 2 is 1.88 bits per heavy atom. The summed E-state index contributed by atoms with van der Waals surface area (Å²) in [5, 5.41) is 0. The van der Waals surface area contributed by atoms with Crippen LogP contribution in [-0.2, 0) is 11.2 Å². The topological polar surface area (TPSA) is 12.5 Å². The lowest BCUT2D eigenvalue weighted by Gasteiger charge is -1.98. The number of hydrogen-bond donors (Lipinski definition) is 0. The van der Waals surface area contributed by atoms with Crippen molar-refractivity contribution in [2.75, 3.05) is 0 Å². The molecule has 0 radical (unpaired) electrons. The van der Waals surface area contributed by atoms with E-state index in [-0.39, 0.29) is 0 Å². The van der Waals surface area contributed by atoms with Crippen molar-refractivity contribution < 1.29 is 4.74 Å². The second-order valence-corrected chi connectivity index (χ2v) is 4.73. The van der Waals surface area contributed by atoms with Crippen molar-refractivity contribution in [2.24, 2.45) is 0 Å². The predicted molar refractivity (Wildman–Crippen MR) is 67.5 cm³/mol. The molecule has 0 N–H and O–H groups in total. The molecule has 1 heteroatoms. The highest BCUT2D eigenvalue weighted by molar-refractivity contribution is 5.15. The Hall–Kier alpha value is -1.08. The molecule has 0 saturated carbocycles. The third kappa shape index (κ3) is 3.49. The van der Waals surface area contributed by atoms with Crippen molar-refractivity contribution >= 4 is 0 Å². The molecule has 1 fully saturated rings. The molecule has 1 aromatic rings. The van der Waals surface area contributed by atoms with Crippen LogP contribution in [0.25, 0.3) is 0 Å². The van der Waals surface area contributed by atoms with Crippen LogP contribution in [0.5, 0.6) is 0 Å². The standard InChI is InChI=1S/C15H20O/c1-12(2)8-10-14-15(16-14)11-9-13-6-4-3-5-7-13/h3-7,14-15H,1,8-11H2,2H3. The normalized spacial score (nSPS) is 23.1. The molecule has 2 atom stereocenters. The van der Waals surface area contributed by atoms with E-state index in [1.54, 1.807) is 0 Å². The Morgan fingerprint density at radius 3 is 2.56 bits per heavy atom. The SMILES string of the molecule is C=C(C)CCC1OC1CCc1ccccc1. The number of benzene rings is 1. The predicted octanol–water partition coefficient (Wildman–Crippen LogP) is 3.74. The van der Waals surface area contributed by atoms with Gasteiger partial charge < -0.3 is 4.74 Å². The molecule has 1 heterocycles. The Labute approximate surface area is 98.1 Å². The molecule has 1 aliphatic rings. The minimum absolute atomic E-state index is 0.500. The Kier molecular flexibility index (Phi) is 3.79. The lowest BCUT2D eigenvalue weighted by molar-refractivity contribution is 0.356. The van der Waals surface area contributed by atoms with Gasteiger partial charge in [-0.15, -0.1) is 6.58 Å². The Balaban J connectivity index is 1.64. The number of epoxide rings is 1. The smallest absolute Gasteiger partial charge is 0.0845 e. The quantitative estimate of drug-likeness (QED) is 0.521. The molecule has 1 saturated heterocycles. The van der Waals surface area contributed by atoms with E-state index in [0.29, 0.717) is 12.2 Å². The maximum atomic E-state index is 5.65. The maximum absolute atomic E-state index is 5.65. The van der Waals surface area contributed by atoms with Crippen LogP contribution < -0.4 is 0 Å². The van der Waals surface area contributed by atoms with Crippen molar-refractivity contribution in [3.63, 3.8) is 0 Å². The molecule has 2 rings (SSSR count). The molecule has 0 aromatic heterocycles. The zero-order valence-electron chi connectivity index (χ0n) is 9.99. The maximum Gasteiger partial charge on any atom is 0.0845 e. The molecule has 0 bridgehead atoms. The van der Waals surface area contributed by atoms with Crippen LogP contribution in [-0.4, -0.2) is 12.2 Å². The summed E-state index contributed by atoms with van der Waals surface area (Å²) in [6.07, 6.45) is 5.54. The largest absolute Gasteiger partial charge is 0.370 e. The molecule has 2 unspecified atom stereocenters. The molecular formula is C15H20O. The average molecular weight is 216 g/mol. The van der Waals surface area contributed by atoms with E-state index in [4.69, 9.17) is 4.74 Å². The van der Waals surface area contributed by atoms with Gasteiger partial charge in [0.15, 0.2) is 0 Å². The van der Waals surface area contributed by atoms with Crippen molar-refractivity contribution in [1.29, 1.82) is 0 Å². The first-order valence-corrected chi connectivity index (χ1v) is 6.09. The van der Waals surface area contributed by atoms with Gasteiger partial charge in [0.25, 0.3) is 0 Å². The van der Waals surface area contributed by atoms with E-state index in [1.165, 1.54) is 11.1 Å². The summed E-state index contributed by atoms with van der Waals surface area (Å²) in [6.45, 7) is 6.00. The fraction of sp³-hybridized carbons (Fsp3) is 0.467. The minimum Gasteiger partial charge on any atom is -0.370 e. The van der Waals surface area contributed by atoms with Crippen LogP contribution >= 0.6 is 0 Å². The first-order valence-electron chi connectivity index (χ1n) is 6.09. The third-order valence-electron chi connectivity index (χ3n) is 3.10. The molecule has 0 aliphatic carbocycles. The van der Waals surface area contributed by atoms with Crippen LogP contribution in [0.3, 0.4) is 0 Å². The molecule has 1 nitrogen and oxygen atoms in total. The minimum atomic E-state index is 0.500. The van der Waals surface area contributed by atoms with Crippen molar-refractivity contribution in [3.8, 4) is 0 Å². The third-order valence-corrected chi connectivity index (χ3v) is 3.10. The van der Waals surface area contributed by atoms with Crippen molar-refractivity contribution in [3.05, 3.63) is 48.0 Å². The monoisotopic (exact) mass is 216 g/mol. The fourth-order valence-electron chi connectivity index (χ4n) is 2.03. The summed E-state index contributed by atoms with van der Waals surface area (Å²) >= 11 is 0. The Bertz CT molecular complexity index is 342. The van der Waals surface area contributed by atoms with Crippen LogP contribution in [0.15, 0.2) is 42.5 Å². The molecule has 0 amide bonds. The molecular weight excluding hydrogens is 196 g/mol. The first kappa shape index (κ1) is 11.4. The van der Waals surface area contributed by atoms with E-state index >= 15 is 0 Å². The van der Waals surface area contributed by atoms with Gasteiger partial charge in [-0.05, 0) is 38.2 Å². The van der Waals surface area contributed by atoms with Gasteiger partial charge >= 0.3 is 0 Å². The summed E-state index contributed by atoms with van der Waals surface area (Å²) in [4.78, 5) is 0. The summed E-state index contributed by atoms with van der Waals surface area (Å²) < 4.78 is 5.65. The molecule has 16 heavy (non-hydrogen) atoms. The Morgan fingerprint density at radius 1 is 1.19 bits per heavy atom. The zero-order valence-corrected chi connectivity index (χ0v) is 9.99. The highest BCUT2D eigenvalue weighted by Crippen LogP contribution is 2.31. The highest BCUT2D eigenvalue weighted by Gasteiger charge is 2.37. The fourth-order valence-corrected chi connectivity index (χ4v) is 2.03. The summed E-state index contributed by atoms with van der Waals surface area (Å²) in [7, 11) is 0. The molecule has 1 aromatic carbocycles. The number of rotatable bonds is 6. The van der Waals surface area contributed by atoms with E-state index in [9.17, 15) is 0 Å². The van der Waals surface area contributed by atoms with Gasteiger partial charge in [-0.1, -0.05) is 35.9 Å². The first-order chi connectivity index (χ1) is 7.75. The van der Waals surface area contributed by atoms with Gasteiger partial charge in [-0.3, -0.25) is 0 Å². The van der Waals surface area contributed by atoms with Crippen molar-refractivity contribution in [1.82, 2.24) is 0 Å². The van der Waals surface area contributed by atoms with Gasteiger partial charge in [0.05, 0.1) is 12.2 Å². The van der Waals surface area contributed by atoms with E-state index in [2.05, 4.69) is 43.8 Å². The number of hydrogen-bond acceptors (Lipinski definition) is 1. The van der Waals surface area contributed by atoms with Crippen LogP contribution in [0.1, 0.15) is 31.7 Å². The van der Waals surface area contributed by atoms with Gasteiger partial charge in [0.2, 0.25) is 0 Å². The summed E-state index contributed by atoms with van der Waals surface area (Å²) in [5.74, 6) is 0. The van der Waals surface area contributed by atoms with E-state index in [1.807, 2.05) is 0 Å². The van der Waals surface area contributed by atoms with E-state index < -0.39 is 0 Å². The van der Waals surface area contributed by atoms with Gasteiger partial charge in [0.1, 0.15) is 0 Å². The molecule has 86 valence electrons. The van der Waals surface area contributed by atoms with Gasteiger partial charge in [-0.25, -0.2) is 0 Å². The highest BCUT2D eigenvalue weighted by atomic mass is 16.6. The van der Waals surface area contributed by atoms with Crippen LogP contribution in [0, 0.1) is 0 Å². The number of aryl methyl sites for hydroxylation is 1. The van der Waals surface area contributed by atoms with Crippen LogP contribution in [0.2, 0.25) is 0 Å². The van der Waals surface area contributed by atoms with Gasteiger partial charge in [0, 0.05) is 0 Å². The van der Waals surface area contributed by atoms with E-state index in [0.717, 1.165) is 25.7 Å². The summed E-state index contributed by atoms with van der Waals surface area (Å²) in [6, 6.07) is 10.6. The number of allylic oxidation sites excluding steroid dienone is 1. The van der Waals surface area contributed by atoms with Gasteiger partial charge in [-0.2, -0.15) is 0 Å². The second-order valence-electron chi connectivity index (χ2n) is 4.73. The second kappa shape index (κ2) is 5.31. The van der Waals surface area contributed by atoms with Crippen LogP contribution in [0.4, 0.5) is 0 Å². The average Bonchev–Trinajstić information content (AvgIpc) is 3.04.